The van der Waals surface area contributed by atoms with Crippen LogP contribution < -0.4 is 0 Å². The standard InChI is InChI=1S/C15H13ClO2/c1-9-3-4-11(7-10(9)2)15(18)12-5-6-14(17)13(16)8-12/h3-8,17H,1-2H3. The molecule has 0 saturated carbocycles. The number of rotatable bonds is 2. The maximum atomic E-state index is 12.2. The Morgan fingerprint density at radius 3 is 2.22 bits per heavy atom. The van der Waals surface area contributed by atoms with Gasteiger partial charge in [0.1, 0.15) is 5.75 Å². The lowest BCUT2D eigenvalue weighted by atomic mass is 9.99. The number of ketones is 1. The molecule has 2 rings (SSSR count). The molecule has 0 atom stereocenters. The summed E-state index contributed by atoms with van der Waals surface area (Å²) in [5.41, 5.74) is 3.32. The van der Waals surface area contributed by atoms with Gasteiger partial charge in [-0.1, -0.05) is 23.7 Å². The third-order valence-electron chi connectivity index (χ3n) is 2.98. The Balaban J connectivity index is 2.41. The Labute approximate surface area is 111 Å². The number of aromatic hydroxyl groups is 1. The normalized spacial score (nSPS) is 10.4. The lowest BCUT2D eigenvalue weighted by Crippen LogP contribution is -2.02. The van der Waals surface area contributed by atoms with Gasteiger partial charge in [-0.2, -0.15) is 0 Å². The molecule has 0 bridgehead atoms. The number of hydrogen-bond donors (Lipinski definition) is 1. The van der Waals surface area contributed by atoms with Crippen LogP contribution in [0.2, 0.25) is 5.02 Å². The molecule has 0 saturated heterocycles. The van der Waals surface area contributed by atoms with Gasteiger partial charge in [0.15, 0.2) is 5.78 Å². The van der Waals surface area contributed by atoms with Crippen molar-refractivity contribution >= 4 is 17.4 Å². The lowest BCUT2D eigenvalue weighted by molar-refractivity contribution is 0.103. The van der Waals surface area contributed by atoms with Crippen LogP contribution in [0.15, 0.2) is 36.4 Å². The predicted octanol–water partition coefficient (Wildman–Crippen LogP) is 3.89. The number of halogens is 1. The second-order valence-corrected chi connectivity index (χ2v) is 4.70. The molecule has 0 unspecified atom stereocenters. The molecule has 0 aliphatic carbocycles. The Morgan fingerprint density at radius 1 is 1.00 bits per heavy atom. The van der Waals surface area contributed by atoms with Gasteiger partial charge in [-0.05, 0) is 49.2 Å². The summed E-state index contributed by atoms with van der Waals surface area (Å²) >= 11 is 5.80. The fourth-order valence-electron chi connectivity index (χ4n) is 1.70. The first-order valence-corrected chi connectivity index (χ1v) is 5.97. The average molecular weight is 261 g/mol. The third-order valence-corrected chi connectivity index (χ3v) is 3.28. The maximum Gasteiger partial charge on any atom is 0.193 e. The van der Waals surface area contributed by atoms with Crippen molar-refractivity contribution in [2.75, 3.05) is 0 Å². The van der Waals surface area contributed by atoms with Crippen LogP contribution in [0.1, 0.15) is 27.0 Å². The Kier molecular flexibility index (Phi) is 3.39. The second kappa shape index (κ2) is 4.83. The molecule has 0 fully saturated rings. The maximum absolute atomic E-state index is 12.2. The van der Waals surface area contributed by atoms with Gasteiger partial charge >= 0.3 is 0 Å². The third kappa shape index (κ3) is 2.39. The first kappa shape index (κ1) is 12.7. The Morgan fingerprint density at radius 2 is 1.61 bits per heavy atom. The zero-order valence-corrected chi connectivity index (χ0v) is 11.0. The molecule has 0 aliphatic rings. The molecule has 2 aromatic rings. The number of aryl methyl sites for hydroxylation is 2. The van der Waals surface area contributed by atoms with Gasteiger partial charge in [0.05, 0.1) is 5.02 Å². The van der Waals surface area contributed by atoms with E-state index in [9.17, 15) is 9.90 Å². The zero-order valence-electron chi connectivity index (χ0n) is 10.2. The van der Waals surface area contributed by atoms with Crippen molar-refractivity contribution in [3.05, 3.63) is 63.7 Å². The number of carbonyl (C=O) groups is 1. The van der Waals surface area contributed by atoms with Gasteiger partial charge in [-0.25, -0.2) is 0 Å². The minimum Gasteiger partial charge on any atom is -0.506 e. The fourth-order valence-corrected chi connectivity index (χ4v) is 1.88. The highest BCUT2D eigenvalue weighted by molar-refractivity contribution is 6.32. The van der Waals surface area contributed by atoms with Crippen molar-refractivity contribution in [2.45, 2.75) is 13.8 Å². The average Bonchev–Trinajstić information content (AvgIpc) is 2.35. The van der Waals surface area contributed by atoms with E-state index in [1.165, 1.54) is 12.1 Å². The number of benzene rings is 2. The molecular weight excluding hydrogens is 248 g/mol. The quantitative estimate of drug-likeness (QED) is 0.832. The van der Waals surface area contributed by atoms with E-state index in [4.69, 9.17) is 11.6 Å². The topological polar surface area (TPSA) is 37.3 Å². The summed E-state index contributed by atoms with van der Waals surface area (Å²) < 4.78 is 0. The van der Waals surface area contributed by atoms with E-state index in [1.807, 2.05) is 26.0 Å². The van der Waals surface area contributed by atoms with Crippen LogP contribution in [-0.4, -0.2) is 10.9 Å². The van der Waals surface area contributed by atoms with E-state index in [0.717, 1.165) is 11.1 Å². The molecule has 2 nitrogen and oxygen atoms in total. The molecular formula is C15H13ClO2. The highest BCUT2D eigenvalue weighted by atomic mass is 35.5. The summed E-state index contributed by atoms with van der Waals surface area (Å²) in [6.07, 6.45) is 0. The molecule has 92 valence electrons. The molecule has 0 aromatic heterocycles. The van der Waals surface area contributed by atoms with Crippen LogP contribution in [-0.2, 0) is 0 Å². The van der Waals surface area contributed by atoms with Crippen molar-refractivity contribution < 1.29 is 9.90 Å². The molecule has 0 radical (unpaired) electrons. The van der Waals surface area contributed by atoms with Gasteiger partial charge in [-0.15, -0.1) is 0 Å². The molecule has 0 amide bonds. The molecule has 18 heavy (non-hydrogen) atoms. The van der Waals surface area contributed by atoms with Crippen LogP contribution in [0.25, 0.3) is 0 Å². The summed E-state index contributed by atoms with van der Waals surface area (Å²) in [7, 11) is 0. The largest absolute Gasteiger partial charge is 0.506 e. The molecule has 3 heteroatoms. The first-order valence-electron chi connectivity index (χ1n) is 5.59. The van der Waals surface area contributed by atoms with Crippen molar-refractivity contribution in [3.63, 3.8) is 0 Å². The molecule has 2 aromatic carbocycles. The number of hydrogen-bond acceptors (Lipinski definition) is 2. The zero-order chi connectivity index (χ0) is 13.3. The minimum atomic E-state index is -0.0972. The van der Waals surface area contributed by atoms with E-state index < -0.39 is 0 Å². The van der Waals surface area contributed by atoms with Gasteiger partial charge < -0.3 is 5.11 Å². The number of phenols is 1. The predicted molar refractivity (Wildman–Crippen MR) is 72.5 cm³/mol. The van der Waals surface area contributed by atoms with Crippen LogP contribution in [0.3, 0.4) is 0 Å². The molecule has 0 aliphatic heterocycles. The highest BCUT2D eigenvalue weighted by Gasteiger charge is 2.11. The van der Waals surface area contributed by atoms with Crippen molar-refractivity contribution in [1.82, 2.24) is 0 Å². The van der Waals surface area contributed by atoms with Crippen LogP contribution in [0, 0.1) is 13.8 Å². The van der Waals surface area contributed by atoms with Gasteiger partial charge in [0.25, 0.3) is 0 Å². The van der Waals surface area contributed by atoms with Crippen LogP contribution >= 0.6 is 11.6 Å². The van der Waals surface area contributed by atoms with E-state index >= 15 is 0 Å². The number of phenolic OH excluding ortho intramolecular Hbond substituents is 1. The minimum absolute atomic E-state index is 0.0201. The second-order valence-electron chi connectivity index (χ2n) is 4.29. The van der Waals surface area contributed by atoms with Crippen molar-refractivity contribution in [1.29, 1.82) is 0 Å². The van der Waals surface area contributed by atoms with E-state index in [0.29, 0.717) is 11.1 Å². The van der Waals surface area contributed by atoms with Crippen LogP contribution in [0.4, 0.5) is 0 Å². The first-order chi connectivity index (χ1) is 8.49. The van der Waals surface area contributed by atoms with E-state index in [-0.39, 0.29) is 16.6 Å². The van der Waals surface area contributed by atoms with Gasteiger partial charge in [0.2, 0.25) is 0 Å². The van der Waals surface area contributed by atoms with Crippen LogP contribution in [0.5, 0.6) is 5.75 Å². The van der Waals surface area contributed by atoms with Gasteiger partial charge in [0, 0.05) is 11.1 Å². The Hall–Kier alpha value is -1.80. The highest BCUT2D eigenvalue weighted by Crippen LogP contribution is 2.25. The smallest absolute Gasteiger partial charge is 0.193 e. The summed E-state index contributed by atoms with van der Waals surface area (Å²) in [6, 6.07) is 10.1. The summed E-state index contributed by atoms with van der Waals surface area (Å²) in [6.45, 7) is 3.97. The van der Waals surface area contributed by atoms with E-state index in [1.54, 1.807) is 12.1 Å². The van der Waals surface area contributed by atoms with Crippen molar-refractivity contribution in [2.24, 2.45) is 0 Å². The van der Waals surface area contributed by atoms with Crippen molar-refractivity contribution in [3.8, 4) is 5.75 Å². The van der Waals surface area contributed by atoms with Gasteiger partial charge in [-0.3, -0.25) is 4.79 Å². The Bertz CT molecular complexity index is 564. The summed E-state index contributed by atoms with van der Waals surface area (Å²) in [5, 5.41) is 9.52. The molecule has 1 N–H and O–H groups in total. The summed E-state index contributed by atoms with van der Waals surface area (Å²) in [5.74, 6) is -0.117. The SMILES string of the molecule is Cc1ccc(C(=O)c2ccc(O)c(Cl)c2)cc1C. The number of carbonyl (C=O) groups excluding carboxylic acids is 1. The lowest BCUT2D eigenvalue weighted by Gasteiger charge is -2.05. The molecule has 0 spiro atoms. The van der Waals surface area contributed by atoms with E-state index in [2.05, 4.69) is 0 Å². The fraction of sp³-hybridized carbons (Fsp3) is 0.133. The molecule has 0 heterocycles. The summed E-state index contributed by atoms with van der Waals surface area (Å²) in [4.78, 5) is 12.2. The monoisotopic (exact) mass is 260 g/mol.